The SMILES string of the molecule is COC(=O)C1=c2s/c(=C\c3cccnc3)c(=O)n2C(N)=C(S(=O)(=O)c2ccccc2)[C@H]1c1cccnc1. The summed E-state index contributed by atoms with van der Waals surface area (Å²) in [6.45, 7) is 0. The van der Waals surface area contributed by atoms with E-state index < -0.39 is 27.3 Å². The van der Waals surface area contributed by atoms with Crippen LogP contribution in [0.2, 0.25) is 0 Å². The fourth-order valence-electron chi connectivity index (χ4n) is 4.21. The molecule has 0 unspecified atom stereocenters. The van der Waals surface area contributed by atoms with E-state index in [4.69, 9.17) is 10.5 Å². The third-order valence-electron chi connectivity index (χ3n) is 5.85. The van der Waals surface area contributed by atoms with Gasteiger partial charge in [-0.3, -0.25) is 19.3 Å². The number of benzene rings is 1. The molecule has 2 N–H and O–H groups in total. The fraction of sp³-hybridized carbons (Fsp3) is 0.0769. The Bertz CT molecular complexity index is 1810. The van der Waals surface area contributed by atoms with Crippen molar-refractivity contribution >= 4 is 44.6 Å². The molecule has 1 aromatic carbocycles. The van der Waals surface area contributed by atoms with Crippen molar-refractivity contribution in [2.75, 3.05) is 7.11 Å². The number of carbonyl (C=O) groups is 1. The third-order valence-corrected chi connectivity index (χ3v) is 8.87. The van der Waals surface area contributed by atoms with Gasteiger partial charge in [0.05, 0.1) is 28.0 Å². The van der Waals surface area contributed by atoms with E-state index in [1.165, 1.54) is 31.6 Å². The van der Waals surface area contributed by atoms with Gasteiger partial charge >= 0.3 is 5.97 Å². The molecule has 11 heteroatoms. The molecule has 0 saturated carbocycles. The number of nitrogens with zero attached hydrogens (tertiary/aromatic N) is 3. The van der Waals surface area contributed by atoms with E-state index in [-0.39, 0.29) is 30.4 Å². The zero-order valence-corrected chi connectivity index (χ0v) is 21.1. The highest BCUT2D eigenvalue weighted by Gasteiger charge is 2.42. The van der Waals surface area contributed by atoms with Gasteiger partial charge in [0.1, 0.15) is 15.4 Å². The molecular formula is C26H20N4O5S2. The van der Waals surface area contributed by atoms with Gasteiger partial charge in [0.25, 0.3) is 5.56 Å². The van der Waals surface area contributed by atoms with Crippen LogP contribution >= 0.6 is 11.3 Å². The number of carbonyl (C=O) groups excluding carboxylic acids is 1. The minimum Gasteiger partial charge on any atom is -0.466 e. The average Bonchev–Trinajstić information content (AvgIpc) is 3.25. The molecule has 0 aliphatic carbocycles. The summed E-state index contributed by atoms with van der Waals surface area (Å²) in [5.74, 6) is -2.23. The quantitative estimate of drug-likeness (QED) is 0.379. The summed E-state index contributed by atoms with van der Waals surface area (Å²) in [4.78, 5) is 34.7. The van der Waals surface area contributed by atoms with Crippen molar-refractivity contribution in [1.82, 2.24) is 14.5 Å². The predicted octanol–water partition coefficient (Wildman–Crippen LogP) is 1.21. The van der Waals surface area contributed by atoms with E-state index in [0.717, 1.165) is 15.9 Å². The molecule has 37 heavy (non-hydrogen) atoms. The Morgan fingerprint density at radius 3 is 2.38 bits per heavy atom. The van der Waals surface area contributed by atoms with Gasteiger partial charge in [0, 0.05) is 24.8 Å². The summed E-state index contributed by atoms with van der Waals surface area (Å²) < 4.78 is 34.6. The first-order valence-electron chi connectivity index (χ1n) is 11.0. The topological polar surface area (TPSA) is 134 Å². The number of allylic oxidation sites excluding steroid dienone is 1. The highest BCUT2D eigenvalue weighted by Crippen LogP contribution is 2.41. The molecule has 1 aliphatic heterocycles. The van der Waals surface area contributed by atoms with Crippen molar-refractivity contribution in [3.05, 3.63) is 115 Å². The number of rotatable bonds is 5. The Hall–Kier alpha value is -4.35. The third kappa shape index (κ3) is 4.17. The van der Waals surface area contributed by atoms with E-state index in [0.29, 0.717) is 11.1 Å². The maximum absolute atomic E-state index is 14.0. The number of hydrogen-bond acceptors (Lipinski definition) is 9. The molecule has 1 atom stereocenters. The van der Waals surface area contributed by atoms with Crippen molar-refractivity contribution in [2.24, 2.45) is 5.73 Å². The van der Waals surface area contributed by atoms with Crippen LogP contribution in [-0.2, 0) is 19.4 Å². The Morgan fingerprint density at radius 1 is 1.05 bits per heavy atom. The monoisotopic (exact) mass is 532 g/mol. The van der Waals surface area contributed by atoms with Gasteiger partial charge in [-0.1, -0.05) is 30.3 Å². The molecule has 0 amide bonds. The molecule has 4 heterocycles. The van der Waals surface area contributed by atoms with Gasteiger partial charge in [-0.2, -0.15) is 0 Å². The summed E-state index contributed by atoms with van der Waals surface area (Å²) in [5.41, 5.74) is 6.99. The molecule has 0 bridgehead atoms. The first-order valence-corrected chi connectivity index (χ1v) is 13.3. The van der Waals surface area contributed by atoms with E-state index in [2.05, 4.69) is 9.97 Å². The number of aromatic nitrogens is 3. The number of pyridine rings is 2. The number of hydrogen-bond donors (Lipinski definition) is 1. The van der Waals surface area contributed by atoms with E-state index >= 15 is 0 Å². The molecule has 1 aliphatic rings. The number of ether oxygens (including phenoxy) is 1. The minimum atomic E-state index is -4.27. The zero-order valence-electron chi connectivity index (χ0n) is 19.4. The second-order valence-corrected chi connectivity index (χ2v) is 11.0. The van der Waals surface area contributed by atoms with E-state index in [1.807, 2.05) is 0 Å². The summed E-state index contributed by atoms with van der Waals surface area (Å²) >= 11 is 1.02. The highest BCUT2D eigenvalue weighted by molar-refractivity contribution is 7.95. The lowest BCUT2D eigenvalue weighted by molar-refractivity contribution is -0.134. The number of fused-ring (bicyclic) bond motifs is 1. The maximum atomic E-state index is 14.0. The van der Waals surface area contributed by atoms with Crippen LogP contribution in [0.5, 0.6) is 0 Å². The van der Waals surface area contributed by atoms with Crippen molar-refractivity contribution in [2.45, 2.75) is 10.8 Å². The fourth-order valence-corrected chi connectivity index (χ4v) is 7.07. The Kier molecular flexibility index (Phi) is 6.32. The first-order chi connectivity index (χ1) is 17.8. The average molecular weight is 533 g/mol. The van der Waals surface area contributed by atoms with Gasteiger partial charge in [-0.15, -0.1) is 11.3 Å². The van der Waals surface area contributed by atoms with Crippen LogP contribution in [-0.4, -0.2) is 36.0 Å². The summed E-state index contributed by atoms with van der Waals surface area (Å²) in [5, 5.41) is 0. The summed E-state index contributed by atoms with van der Waals surface area (Å²) in [6.07, 6.45) is 7.79. The second kappa shape index (κ2) is 9.60. The second-order valence-electron chi connectivity index (χ2n) is 8.03. The number of esters is 1. The molecule has 0 spiro atoms. The Morgan fingerprint density at radius 2 is 1.76 bits per heavy atom. The van der Waals surface area contributed by atoms with Gasteiger partial charge < -0.3 is 10.5 Å². The molecule has 0 radical (unpaired) electrons. The summed E-state index contributed by atoms with van der Waals surface area (Å²) in [7, 11) is -3.07. The van der Waals surface area contributed by atoms with Gasteiger partial charge in [-0.25, -0.2) is 13.2 Å². The van der Waals surface area contributed by atoms with Crippen LogP contribution in [0.4, 0.5) is 0 Å². The van der Waals surface area contributed by atoms with E-state index in [9.17, 15) is 18.0 Å². The van der Waals surface area contributed by atoms with Gasteiger partial charge in [0.15, 0.2) is 0 Å². The first kappa shape index (κ1) is 24.3. The van der Waals surface area contributed by atoms with E-state index in [1.54, 1.807) is 60.9 Å². The normalized spacial score (nSPS) is 16.0. The lowest BCUT2D eigenvalue weighted by Crippen LogP contribution is -2.41. The van der Waals surface area contributed by atoms with Crippen LogP contribution < -0.4 is 20.5 Å². The molecule has 3 aromatic heterocycles. The Labute approximate surface area is 215 Å². The van der Waals surface area contributed by atoms with Gasteiger partial charge in [0.2, 0.25) is 9.84 Å². The lowest BCUT2D eigenvalue weighted by Gasteiger charge is -2.27. The van der Waals surface area contributed by atoms with Crippen molar-refractivity contribution in [3.63, 3.8) is 0 Å². The number of nitrogens with two attached hydrogens (primary N) is 1. The molecule has 186 valence electrons. The van der Waals surface area contributed by atoms with Crippen LogP contribution in [0.1, 0.15) is 17.0 Å². The highest BCUT2D eigenvalue weighted by atomic mass is 32.2. The molecular weight excluding hydrogens is 512 g/mol. The maximum Gasteiger partial charge on any atom is 0.337 e. The van der Waals surface area contributed by atoms with Crippen molar-refractivity contribution in [3.8, 4) is 0 Å². The van der Waals surface area contributed by atoms with Crippen LogP contribution in [0, 0.1) is 0 Å². The minimum absolute atomic E-state index is 0.0212. The molecule has 0 fully saturated rings. The zero-order chi connectivity index (χ0) is 26.2. The predicted molar refractivity (Wildman–Crippen MR) is 139 cm³/mol. The van der Waals surface area contributed by atoms with Crippen LogP contribution in [0.25, 0.3) is 17.5 Å². The number of methoxy groups -OCH3 is 1. The Balaban J connectivity index is 1.93. The molecule has 0 saturated heterocycles. The smallest absolute Gasteiger partial charge is 0.337 e. The van der Waals surface area contributed by atoms with Crippen molar-refractivity contribution < 1.29 is 17.9 Å². The standard InChI is InChI=1S/C26H20N4O5S2/c1-35-26(32)21-20(17-8-6-12-29-15-17)22(37(33,34)18-9-3-2-4-10-18)23(27)30-24(31)19(36-25(21)30)13-16-7-5-11-28-14-16/h2-15,20H,27H2,1H3/b19-13-/t20-/m0/s1. The van der Waals surface area contributed by atoms with Crippen molar-refractivity contribution in [1.29, 1.82) is 0 Å². The number of thiazole rings is 1. The molecule has 5 rings (SSSR count). The van der Waals surface area contributed by atoms with Crippen LogP contribution in [0.15, 0.2) is 94.0 Å². The van der Waals surface area contributed by atoms with Crippen LogP contribution in [0.3, 0.4) is 0 Å². The molecule has 4 aromatic rings. The largest absolute Gasteiger partial charge is 0.466 e. The van der Waals surface area contributed by atoms with Gasteiger partial charge in [-0.05, 0) is 41.5 Å². The lowest BCUT2D eigenvalue weighted by atomic mass is 9.90. The number of sulfone groups is 1. The molecule has 9 nitrogen and oxygen atoms in total. The summed E-state index contributed by atoms with van der Waals surface area (Å²) in [6, 6.07) is 14.5.